The lowest BCUT2D eigenvalue weighted by Gasteiger charge is -2.15. The molecule has 1 rings (SSSR count). The summed E-state index contributed by atoms with van der Waals surface area (Å²) in [5.41, 5.74) is 0. The molecule has 1 saturated heterocycles. The van der Waals surface area contributed by atoms with Crippen molar-refractivity contribution in [1.29, 1.82) is 0 Å². The first-order valence-electron chi connectivity index (χ1n) is 2.39. The van der Waals surface area contributed by atoms with E-state index in [4.69, 9.17) is 0 Å². The molecule has 0 aromatic heterocycles. The monoisotopic (exact) mass is 123 g/mol. The Kier molecular flexibility index (Phi) is 1.21. The fraction of sp³-hybridized carbons (Fsp3) is 1.00. The Hall–Kier alpha value is -0.220. The summed E-state index contributed by atoms with van der Waals surface area (Å²) < 4.78 is 28.7. The lowest BCUT2D eigenvalue weighted by atomic mass is 10.6. The van der Waals surface area contributed by atoms with Gasteiger partial charge in [-0.1, -0.05) is 5.12 Å². The average Bonchev–Trinajstić information content (AvgIpc) is 1.86. The van der Waals surface area contributed by atoms with E-state index in [0.717, 1.165) is 6.92 Å². The van der Waals surface area contributed by atoms with E-state index in [0.29, 0.717) is 0 Å². The quantitative estimate of drug-likeness (QED) is 0.349. The summed E-state index contributed by atoms with van der Waals surface area (Å²) in [5, 5.41) is 0.0347. The van der Waals surface area contributed by atoms with Gasteiger partial charge in [0, 0.05) is 6.92 Å². The van der Waals surface area contributed by atoms with E-state index in [9.17, 15) is 8.87 Å². The summed E-state index contributed by atoms with van der Waals surface area (Å²) in [5.74, 6) is -2.18. The van der Waals surface area contributed by atoms with Crippen LogP contribution in [0.1, 0.15) is 6.92 Å². The van der Waals surface area contributed by atoms with Gasteiger partial charge in [-0.2, -0.15) is 4.39 Å². The molecule has 0 amide bonds. The molecule has 0 bridgehead atoms. The van der Waals surface area contributed by atoms with Crippen LogP contribution in [0.3, 0.4) is 0 Å². The summed E-state index contributed by atoms with van der Waals surface area (Å²) in [6.07, 6.45) is 0. The van der Waals surface area contributed by atoms with Crippen LogP contribution in [0.2, 0.25) is 0 Å². The van der Waals surface area contributed by atoms with Crippen molar-refractivity contribution in [2.24, 2.45) is 0 Å². The van der Waals surface area contributed by atoms with Crippen LogP contribution in [-0.4, -0.2) is 24.3 Å². The van der Waals surface area contributed by atoms with Crippen LogP contribution in [0.4, 0.5) is 8.87 Å². The molecule has 0 N–H and O–H groups in total. The second kappa shape index (κ2) is 1.63. The van der Waals surface area contributed by atoms with E-state index in [-0.39, 0.29) is 18.3 Å². The molecule has 48 valence electrons. The maximum absolute atomic E-state index is 12.3. The highest BCUT2D eigenvalue weighted by atomic mass is 19.2. The van der Waals surface area contributed by atoms with E-state index < -0.39 is 5.98 Å². The third-order valence-electron chi connectivity index (χ3n) is 1.09. The molecule has 0 aliphatic carbocycles. The van der Waals surface area contributed by atoms with Crippen molar-refractivity contribution in [1.82, 2.24) is 5.12 Å². The van der Waals surface area contributed by atoms with E-state index >= 15 is 0 Å². The third kappa shape index (κ3) is 0.809. The van der Waals surface area contributed by atoms with Gasteiger partial charge < -0.3 is 4.74 Å². The van der Waals surface area contributed by atoms with E-state index in [2.05, 4.69) is 4.74 Å². The van der Waals surface area contributed by atoms with Crippen molar-refractivity contribution in [2.45, 2.75) is 12.9 Å². The van der Waals surface area contributed by atoms with Gasteiger partial charge in [0.1, 0.15) is 0 Å². The van der Waals surface area contributed by atoms with Crippen LogP contribution >= 0.6 is 0 Å². The topological polar surface area (TPSA) is 12.5 Å². The number of alkyl halides is 1. The molecular formula is C4H7F2NO. The first kappa shape index (κ1) is 5.91. The minimum atomic E-state index is -2.18. The van der Waals surface area contributed by atoms with Gasteiger partial charge in [0.25, 0.3) is 5.98 Å². The maximum Gasteiger partial charge on any atom is 0.291 e. The molecule has 8 heavy (non-hydrogen) atoms. The molecule has 1 unspecified atom stereocenters. The minimum absolute atomic E-state index is 0.0208. The number of halogens is 2. The first-order valence-corrected chi connectivity index (χ1v) is 2.39. The zero-order valence-corrected chi connectivity index (χ0v) is 4.53. The second-order valence-corrected chi connectivity index (χ2v) is 1.80. The highest BCUT2D eigenvalue weighted by Crippen LogP contribution is 2.23. The molecule has 0 saturated carbocycles. The zero-order chi connectivity index (χ0) is 6.20. The van der Waals surface area contributed by atoms with Gasteiger partial charge >= 0.3 is 0 Å². The Morgan fingerprint density at radius 1 is 1.75 bits per heavy atom. The van der Waals surface area contributed by atoms with Gasteiger partial charge in [0.05, 0.1) is 13.2 Å². The molecule has 1 aliphatic rings. The molecule has 1 heterocycles. The molecule has 0 radical (unpaired) electrons. The fourth-order valence-electron chi connectivity index (χ4n) is 0.582. The molecule has 1 fully saturated rings. The lowest BCUT2D eigenvalue weighted by Crippen LogP contribution is -2.30. The molecule has 0 aromatic rings. The number of hydrogen-bond donors (Lipinski definition) is 0. The fourth-order valence-corrected chi connectivity index (χ4v) is 0.582. The normalized spacial score (nSPS) is 40.9. The van der Waals surface area contributed by atoms with Gasteiger partial charge in [-0.15, -0.1) is 4.48 Å². The molecule has 0 aromatic carbocycles. The number of nitrogens with zero attached hydrogens (tertiary/aromatic N) is 1. The largest absolute Gasteiger partial charge is 0.331 e. The van der Waals surface area contributed by atoms with Crippen molar-refractivity contribution in [3.8, 4) is 0 Å². The second-order valence-electron chi connectivity index (χ2n) is 1.80. The van der Waals surface area contributed by atoms with E-state index in [1.165, 1.54) is 0 Å². The molecule has 0 spiro atoms. The predicted molar refractivity (Wildman–Crippen MR) is 23.3 cm³/mol. The molecule has 1 atom stereocenters. The van der Waals surface area contributed by atoms with Gasteiger partial charge in [-0.3, -0.25) is 0 Å². The maximum atomic E-state index is 12.3. The summed E-state index contributed by atoms with van der Waals surface area (Å²) in [4.78, 5) is 0. The van der Waals surface area contributed by atoms with Crippen LogP contribution < -0.4 is 0 Å². The Balaban J connectivity index is 2.54. The number of rotatable bonds is 0. The van der Waals surface area contributed by atoms with E-state index in [1.54, 1.807) is 0 Å². The summed E-state index contributed by atoms with van der Waals surface area (Å²) >= 11 is 0. The standard InChI is InChI=1S/C4H7F2NO/c1-4(5)7(6)2-3-8-4/h2-3H2,1H3. The van der Waals surface area contributed by atoms with Crippen molar-refractivity contribution in [3.05, 3.63) is 0 Å². The highest BCUT2D eigenvalue weighted by Gasteiger charge is 2.38. The Bertz CT molecular complexity index is 96.0. The van der Waals surface area contributed by atoms with Crippen molar-refractivity contribution < 1.29 is 13.6 Å². The molecular weight excluding hydrogens is 116 g/mol. The van der Waals surface area contributed by atoms with Crippen LogP contribution in [0.15, 0.2) is 0 Å². The van der Waals surface area contributed by atoms with Gasteiger partial charge in [0.2, 0.25) is 0 Å². The SMILES string of the molecule is CC1(F)OCCN1F. The molecule has 2 nitrogen and oxygen atoms in total. The summed E-state index contributed by atoms with van der Waals surface area (Å²) in [6.45, 7) is 1.19. The van der Waals surface area contributed by atoms with Crippen LogP contribution in [0.5, 0.6) is 0 Å². The Morgan fingerprint density at radius 3 is 2.50 bits per heavy atom. The van der Waals surface area contributed by atoms with Gasteiger partial charge in [-0.05, 0) is 0 Å². The van der Waals surface area contributed by atoms with Crippen molar-refractivity contribution >= 4 is 0 Å². The first-order chi connectivity index (χ1) is 3.63. The predicted octanol–water partition coefficient (Wildman–Crippen LogP) is 0.846. The number of hydrogen-bond acceptors (Lipinski definition) is 2. The molecule has 1 aliphatic heterocycles. The zero-order valence-electron chi connectivity index (χ0n) is 4.53. The van der Waals surface area contributed by atoms with Crippen LogP contribution in [0, 0.1) is 0 Å². The Morgan fingerprint density at radius 2 is 2.38 bits per heavy atom. The lowest BCUT2D eigenvalue weighted by molar-refractivity contribution is -0.235. The van der Waals surface area contributed by atoms with Gasteiger partial charge in [0.15, 0.2) is 0 Å². The summed E-state index contributed by atoms with van der Waals surface area (Å²) in [6, 6.07) is 0. The molecule has 4 heteroatoms. The summed E-state index contributed by atoms with van der Waals surface area (Å²) in [7, 11) is 0. The third-order valence-corrected chi connectivity index (χ3v) is 1.09. The van der Waals surface area contributed by atoms with Crippen molar-refractivity contribution in [2.75, 3.05) is 13.2 Å². The van der Waals surface area contributed by atoms with Gasteiger partial charge in [-0.25, -0.2) is 0 Å². The average molecular weight is 123 g/mol. The number of ether oxygens (including phenoxy) is 1. The van der Waals surface area contributed by atoms with Crippen molar-refractivity contribution in [3.63, 3.8) is 0 Å². The van der Waals surface area contributed by atoms with Crippen LogP contribution in [-0.2, 0) is 4.74 Å². The van der Waals surface area contributed by atoms with E-state index in [1.807, 2.05) is 0 Å². The minimum Gasteiger partial charge on any atom is -0.331 e. The highest BCUT2D eigenvalue weighted by molar-refractivity contribution is 4.62. The van der Waals surface area contributed by atoms with Crippen LogP contribution in [0.25, 0.3) is 0 Å². The smallest absolute Gasteiger partial charge is 0.291 e. The Labute approximate surface area is 46.0 Å².